The van der Waals surface area contributed by atoms with Crippen molar-refractivity contribution in [2.45, 2.75) is 69.8 Å². The lowest BCUT2D eigenvalue weighted by atomic mass is 9.59. The number of amides is 1. The van der Waals surface area contributed by atoms with E-state index in [0.717, 1.165) is 24.8 Å². The van der Waals surface area contributed by atoms with Crippen molar-refractivity contribution in [1.29, 1.82) is 0 Å². The van der Waals surface area contributed by atoms with E-state index in [-0.39, 0.29) is 17.9 Å². The van der Waals surface area contributed by atoms with Crippen molar-refractivity contribution in [3.63, 3.8) is 0 Å². The standard InChI is InChI=1S/C29H37NO5/c1-18-9-7-13-22(31)15-16-25(32)35-29-23(14-8-10-18)27(33)20(3)19(2)26(29)24(30-28(29)34)17-21-11-5-4-6-12-21/h4-6,8,11-12,14-16,18-19,22-24,26-27,31,33H,3,7,9-10,13,17H2,1-2H3,(H,30,34)/t18-,19-,22-,23-,24+,26+,27+,29-/m1/s1. The fourth-order valence-corrected chi connectivity index (χ4v) is 6.09. The highest BCUT2D eigenvalue weighted by molar-refractivity contribution is 5.94. The van der Waals surface area contributed by atoms with Gasteiger partial charge in [0.05, 0.1) is 18.1 Å². The van der Waals surface area contributed by atoms with Crippen LogP contribution in [0.3, 0.4) is 0 Å². The molecule has 1 saturated heterocycles. The van der Waals surface area contributed by atoms with E-state index in [9.17, 15) is 19.8 Å². The fourth-order valence-electron chi connectivity index (χ4n) is 6.09. The summed E-state index contributed by atoms with van der Waals surface area (Å²) in [5, 5.41) is 24.7. The molecule has 0 radical (unpaired) electrons. The number of allylic oxidation sites excluding steroid dienone is 1. The van der Waals surface area contributed by atoms with E-state index < -0.39 is 35.6 Å². The molecule has 1 saturated carbocycles. The predicted octanol–water partition coefficient (Wildman–Crippen LogP) is 3.49. The van der Waals surface area contributed by atoms with Crippen molar-refractivity contribution in [3.05, 3.63) is 72.4 Å². The van der Waals surface area contributed by atoms with E-state index in [0.29, 0.717) is 24.3 Å². The molecule has 4 rings (SSSR count). The molecule has 1 amide bonds. The zero-order chi connectivity index (χ0) is 25.2. The monoisotopic (exact) mass is 479 g/mol. The number of benzene rings is 1. The summed E-state index contributed by atoms with van der Waals surface area (Å²) in [7, 11) is 0. The van der Waals surface area contributed by atoms with Crippen LogP contribution in [0.5, 0.6) is 0 Å². The first kappa shape index (κ1) is 25.4. The third-order valence-electron chi connectivity index (χ3n) is 8.04. The van der Waals surface area contributed by atoms with Gasteiger partial charge < -0.3 is 20.3 Å². The van der Waals surface area contributed by atoms with Crippen molar-refractivity contribution < 1.29 is 24.5 Å². The third-order valence-corrected chi connectivity index (χ3v) is 8.04. The number of ether oxygens (including phenoxy) is 1. The molecule has 3 aliphatic rings. The van der Waals surface area contributed by atoms with Crippen molar-refractivity contribution in [2.24, 2.45) is 23.7 Å². The molecular formula is C29H37NO5. The van der Waals surface area contributed by atoms with Crippen molar-refractivity contribution in [3.8, 4) is 0 Å². The molecule has 6 heteroatoms. The normalized spacial score (nSPS) is 38.2. The lowest BCUT2D eigenvalue weighted by Gasteiger charge is -2.49. The van der Waals surface area contributed by atoms with Gasteiger partial charge in [0, 0.05) is 18.0 Å². The van der Waals surface area contributed by atoms with Crippen LogP contribution in [0.4, 0.5) is 0 Å². The molecule has 188 valence electrons. The van der Waals surface area contributed by atoms with Gasteiger partial charge >= 0.3 is 5.97 Å². The minimum atomic E-state index is -1.57. The van der Waals surface area contributed by atoms with Crippen LogP contribution in [-0.4, -0.2) is 45.9 Å². The van der Waals surface area contributed by atoms with E-state index in [1.807, 2.05) is 49.4 Å². The quantitative estimate of drug-likeness (QED) is 0.446. The first-order valence-corrected chi connectivity index (χ1v) is 12.7. The zero-order valence-electron chi connectivity index (χ0n) is 20.6. The summed E-state index contributed by atoms with van der Waals surface area (Å²) >= 11 is 0. The average molecular weight is 480 g/mol. The summed E-state index contributed by atoms with van der Waals surface area (Å²) in [5.41, 5.74) is 0.136. The highest BCUT2D eigenvalue weighted by Gasteiger charge is 2.67. The zero-order valence-corrected chi connectivity index (χ0v) is 20.6. The Morgan fingerprint density at radius 1 is 1.11 bits per heavy atom. The Hall–Kier alpha value is -2.70. The molecule has 1 aliphatic carbocycles. The van der Waals surface area contributed by atoms with E-state index >= 15 is 0 Å². The van der Waals surface area contributed by atoms with E-state index in [1.54, 1.807) is 0 Å². The number of hydrogen-bond donors (Lipinski definition) is 3. The van der Waals surface area contributed by atoms with Gasteiger partial charge in [-0.3, -0.25) is 4.79 Å². The van der Waals surface area contributed by atoms with Crippen molar-refractivity contribution >= 4 is 11.9 Å². The fraction of sp³-hybridized carbons (Fsp3) is 0.517. The first-order chi connectivity index (χ1) is 16.7. The average Bonchev–Trinajstić information content (AvgIpc) is 3.09. The third kappa shape index (κ3) is 5.00. The van der Waals surface area contributed by atoms with Gasteiger partial charge in [0.2, 0.25) is 5.60 Å². The summed E-state index contributed by atoms with van der Waals surface area (Å²) in [5.74, 6) is -2.13. The maximum absolute atomic E-state index is 13.7. The smallest absolute Gasteiger partial charge is 0.331 e. The Morgan fingerprint density at radius 2 is 1.86 bits per heavy atom. The van der Waals surface area contributed by atoms with E-state index in [2.05, 4.69) is 18.8 Å². The van der Waals surface area contributed by atoms with Gasteiger partial charge in [0.25, 0.3) is 5.91 Å². The molecule has 0 aromatic heterocycles. The Bertz CT molecular complexity index is 1000. The van der Waals surface area contributed by atoms with E-state index in [1.165, 1.54) is 12.2 Å². The molecule has 35 heavy (non-hydrogen) atoms. The van der Waals surface area contributed by atoms with Gasteiger partial charge in [-0.25, -0.2) is 4.79 Å². The van der Waals surface area contributed by atoms with Crippen LogP contribution in [0.1, 0.15) is 45.1 Å². The largest absolute Gasteiger partial charge is 0.445 e. The SMILES string of the molecule is C=C1[C@@H](C)[C@H]2[C@H](Cc3ccccc3)NC(=O)[C@]23OC(=O)C=C[C@H](O)CCC[C@@H](C)CC=C[C@@H]3[C@H]1O. The number of nitrogens with one attached hydrogen (secondary N) is 1. The van der Waals surface area contributed by atoms with Gasteiger partial charge in [-0.2, -0.15) is 0 Å². The maximum atomic E-state index is 13.7. The number of rotatable bonds is 2. The van der Waals surface area contributed by atoms with Crippen LogP contribution < -0.4 is 5.32 Å². The number of hydrogen-bond acceptors (Lipinski definition) is 5. The van der Waals surface area contributed by atoms with Crippen LogP contribution in [0.2, 0.25) is 0 Å². The first-order valence-electron chi connectivity index (χ1n) is 12.7. The van der Waals surface area contributed by atoms with Crippen LogP contribution in [0, 0.1) is 23.7 Å². The molecule has 8 atom stereocenters. The lowest BCUT2D eigenvalue weighted by molar-refractivity contribution is -0.182. The molecule has 6 nitrogen and oxygen atoms in total. The maximum Gasteiger partial charge on any atom is 0.331 e. The Morgan fingerprint density at radius 3 is 2.60 bits per heavy atom. The number of carbonyl (C=O) groups is 2. The molecule has 2 aliphatic heterocycles. The Kier molecular flexibility index (Phi) is 7.62. The van der Waals surface area contributed by atoms with Gasteiger partial charge in [0.1, 0.15) is 0 Å². The summed E-state index contributed by atoms with van der Waals surface area (Å²) in [4.78, 5) is 26.8. The predicted molar refractivity (Wildman–Crippen MR) is 134 cm³/mol. The summed E-state index contributed by atoms with van der Waals surface area (Å²) < 4.78 is 6.05. The highest BCUT2D eigenvalue weighted by Crippen LogP contribution is 2.52. The molecule has 1 aromatic carbocycles. The Labute approximate surface area is 207 Å². The number of aliphatic hydroxyl groups is 2. The molecule has 2 heterocycles. The molecule has 1 aromatic rings. The minimum absolute atomic E-state index is 0.262. The topological polar surface area (TPSA) is 95.9 Å². The summed E-state index contributed by atoms with van der Waals surface area (Å²) in [6.45, 7) is 8.27. The lowest BCUT2D eigenvalue weighted by Crippen LogP contribution is -2.61. The number of aliphatic hydroxyl groups excluding tert-OH is 2. The molecule has 2 fully saturated rings. The van der Waals surface area contributed by atoms with Crippen LogP contribution in [0.15, 0.2) is 66.8 Å². The number of carbonyl (C=O) groups excluding carboxylic acids is 2. The number of esters is 1. The van der Waals surface area contributed by atoms with Crippen LogP contribution in [0.25, 0.3) is 0 Å². The van der Waals surface area contributed by atoms with Gasteiger partial charge in [0.15, 0.2) is 0 Å². The van der Waals surface area contributed by atoms with Gasteiger partial charge in [-0.05, 0) is 48.3 Å². The summed E-state index contributed by atoms with van der Waals surface area (Å²) in [6, 6.07) is 9.59. The summed E-state index contributed by atoms with van der Waals surface area (Å²) in [6.07, 6.45) is 8.39. The molecular weight excluding hydrogens is 442 g/mol. The second kappa shape index (κ2) is 10.5. The molecule has 0 bridgehead atoms. The highest BCUT2D eigenvalue weighted by atomic mass is 16.6. The molecule has 3 N–H and O–H groups in total. The molecule has 1 spiro atoms. The van der Waals surface area contributed by atoms with Crippen LogP contribution >= 0.6 is 0 Å². The van der Waals surface area contributed by atoms with Crippen molar-refractivity contribution in [1.82, 2.24) is 5.32 Å². The van der Waals surface area contributed by atoms with Gasteiger partial charge in [-0.1, -0.05) is 75.8 Å². The second-order valence-corrected chi connectivity index (χ2v) is 10.5. The van der Waals surface area contributed by atoms with Crippen LogP contribution in [-0.2, 0) is 20.7 Å². The Balaban J connectivity index is 1.78. The second-order valence-electron chi connectivity index (χ2n) is 10.5. The van der Waals surface area contributed by atoms with Crippen molar-refractivity contribution in [2.75, 3.05) is 0 Å². The van der Waals surface area contributed by atoms with Gasteiger partial charge in [-0.15, -0.1) is 0 Å². The molecule has 0 unspecified atom stereocenters. The van der Waals surface area contributed by atoms with E-state index in [4.69, 9.17) is 4.74 Å². The minimum Gasteiger partial charge on any atom is -0.445 e.